The van der Waals surface area contributed by atoms with E-state index in [1.165, 1.54) is 12.3 Å². The Kier molecular flexibility index (Phi) is 13.6. The first kappa shape index (κ1) is 35.8. The van der Waals surface area contributed by atoms with Crippen LogP contribution in [0.3, 0.4) is 0 Å². The highest BCUT2D eigenvalue weighted by atomic mass is 19.4. The van der Waals surface area contributed by atoms with Crippen molar-refractivity contribution in [1.82, 2.24) is 20.7 Å². The summed E-state index contributed by atoms with van der Waals surface area (Å²) in [5, 5.41) is 17.9. The van der Waals surface area contributed by atoms with Crippen LogP contribution in [0.1, 0.15) is 34.6 Å². The van der Waals surface area contributed by atoms with Crippen LogP contribution in [0, 0.1) is 5.41 Å². The fraction of sp³-hybridized carbons (Fsp3) is 0.276. The minimum absolute atomic E-state index is 0.0608. The van der Waals surface area contributed by atoms with Crippen molar-refractivity contribution in [3.63, 3.8) is 0 Å². The number of likely N-dealkylation sites (N-methyl/N-ethyl adjacent to an activating group) is 1. The molecule has 1 atom stereocenters. The van der Waals surface area contributed by atoms with Gasteiger partial charge in [-0.05, 0) is 75.1 Å². The van der Waals surface area contributed by atoms with Gasteiger partial charge >= 0.3 is 12.1 Å². The molecule has 242 valence electrons. The molecule has 1 aromatic heterocycles. The van der Waals surface area contributed by atoms with E-state index in [4.69, 9.17) is 30.5 Å². The Bertz CT molecular complexity index is 1440. The number of aromatic nitrogens is 1. The van der Waals surface area contributed by atoms with Gasteiger partial charge in [0.05, 0.1) is 6.61 Å². The zero-order valence-corrected chi connectivity index (χ0v) is 24.6. The zero-order valence-electron chi connectivity index (χ0n) is 24.6. The standard InChI is InChI=1S/C27H33N7O4.C2HF3O2/c1-4-37-23-17-19(10-13-22(23)38-16-15-34(2)3)24(31-20-11-8-18(9-12-20)25(28)29)27(36)33-32-26(35)21-7-5-6-14-30-21;3-2(4,5)1(6)7/h5-14,17,24,31H,4,15-16H2,1-3H3,(H3,28,29)(H,32,35)(H,33,36);(H,6,7). The molecule has 0 bridgehead atoms. The summed E-state index contributed by atoms with van der Waals surface area (Å²) in [4.78, 5) is 40.6. The number of carbonyl (C=O) groups excluding carboxylic acids is 2. The molecule has 1 heterocycles. The maximum absolute atomic E-state index is 13.3. The van der Waals surface area contributed by atoms with Crippen molar-refractivity contribution in [2.45, 2.75) is 19.1 Å². The molecule has 0 saturated heterocycles. The van der Waals surface area contributed by atoms with Crippen molar-refractivity contribution in [1.29, 1.82) is 5.41 Å². The summed E-state index contributed by atoms with van der Waals surface area (Å²) in [6.45, 7) is 3.47. The highest BCUT2D eigenvalue weighted by Gasteiger charge is 2.38. The number of nitrogen functional groups attached to an aromatic ring is 1. The molecule has 13 nitrogen and oxygen atoms in total. The van der Waals surface area contributed by atoms with E-state index in [0.29, 0.717) is 41.5 Å². The Morgan fingerprint density at radius 1 is 1.02 bits per heavy atom. The number of hydrazine groups is 1. The van der Waals surface area contributed by atoms with Gasteiger partial charge in [-0.2, -0.15) is 13.2 Å². The Balaban J connectivity index is 0.000000900. The largest absolute Gasteiger partial charge is 0.490 e. The number of carbonyl (C=O) groups is 3. The van der Waals surface area contributed by atoms with Gasteiger partial charge < -0.3 is 30.5 Å². The van der Waals surface area contributed by atoms with E-state index in [0.717, 1.165) is 6.54 Å². The summed E-state index contributed by atoms with van der Waals surface area (Å²) in [7, 11) is 3.92. The van der Waals surface area contributed by atoms with Crippen LogP contribution in [-0.2, 0) is 9.59 Å². The number of amidine groups is 1. The number of rotatable bonds is 12. The molecule has 16 heteroatoms. The molecule has 0 saturated carbocycles. The summed E-state index contributed by atoms with van der Waals surface area (Å²) < 4.78 is 43.4. The van der Waals surface area contributed by atoms with Gasteiger partial charge in [0.25, 0.3) is 11.8 Å². The minimum Gasteiger partial charge on any atom is -0.490 e. The van der Waals surface area contributed by atoms with Gasteiger partial charge in [0.1, 0.15) is 24.2 Å². The van der Waals surface area contributed by atoms with Gasteiger partial charge in [-0.25, -0.2) is 4.79 Å². The molecule has 1 unspecified atom stereocenters. The number of carboxylic acid groups (broad SMARTS) is 1. The topological polar surface area (TPSA) is 192 Å². The number of aliphatic carboxylic acids is 1. The van der Waals surface area contributed by atoms with E-state index in [-0.39, 0.29) is 11.5 Å². The average Bonchev–Trinajstić information content (AvgIpc) is 2.99. The first-order valence-electron chi connectivity index (χ1n) is 13.3. The fourth-order valence-electron chi connectivity index (χ4n) is 3.39. The molecule has 2 amide bonds. The predicted octanol–water partition coefficient (Wildman–Crippen LogP) is 2.95. The molecule has 0 fully saturated rings. The summed E-state index contributed by atoms with van der Waals surface area (Å²) in [6.07, 6.45) is -3.59. The average molecular weight is 634 g/mol. The first-order chi connectivity index (χ1) is 21.2. The number of ether oxygens (including phenoxy) is 2. The second-order valence-corrected chi connectivity index (χ2v) is 9.32. The lowest BCUT2D eigenvalue weighted by molar-refractivity contribution is -0.192. The summed E-state index contributed by atoms with van der Waals surface area (Å²) in [5.41, 5.74) is 12.3. The van der Waals surface area contributed by atoms with Crippen molar-refractivity contribution < 1.29 is 42.1 Å². The van der Waals surface area contributed by atoms with Crippen molar-refractivity contribution in [3.8, 4) is 11.5 Å². The smallest absolute Gasteiger partial charge is 0.490 e. The molecule has 7 N–H and O–H groups in total. The highest BCUT2D eigenvalue weighted by Crippen LogP contribution is 2.32. The molecule has 2 aromatic carbocycles. The fourth-order valence-corrected chi connectivity index (χ4v) is 3.39. The van der Waals surface area contributed by atoms with Crippen molar-refractivity contribution in [2.75, 3.05) is 39.2 Å². The number of nitrogens with one attached hydrogen (secondary N) is 4. The lowest BCUT2D eigenvalue weighted by Gasteiger charge is -2.22. The number of benzene rings is 2. The number of carboxylic acids is 1. The van der Waals surface area contributed by atoms with Gasteiger partial charge in [0.2, 0.25) is 0 Å². The molecular weight excluding hydrogens is 599 g/mol. The molecule has 0 aliphatic carbocycles. The molecule has 3 aromatic rings. The molecule has 0 spiro atoms. The summed E-state index contributed by atoms with van der Waals surface area (Å²) >= 11 is 0. The number of alkyl halides is 3. The maximum Gasteiger partial charge on any atom is 0.490 e. The second kappa shape index (κ2) is 17.0. The van der Waals surface area contributed by atoms with Crippen LogP contribution in [0.25, 0.3) is 0 Å². The predicted molar refractivity (Wildman–Crippen MR) is 159 cm³/mol. The molecule has 45 heavy (non-hydrogen) atoms. The van der Waals surface area contributed by atoms with Gasteiger partial charge in [-0.3, -0.25) is 30.8 Å². The zero-order chi connectivity index (χ0) is 33.6. The van der Waals surface area contributed by atoms with Crippen LogP contribution in [0.2, 0.25) is 0 Å². The lowest BCUT2D eigenvalue weighted by atomic mass is 10.0. The number of amides is 2. The Morgan fingerprint density at radius 2 is 1.69 bits per heavy atom. The van der Waals surface area contributed by atoms with Crippen LogP contribution in [0.5, 0.6) is 11.5 Å². The molecule has 0 radical (unpaired) electrons. The second-order valence-electron chi connectivity index (χ2n) is 9.32. The first-order valence-corrected chi connectivity index (χ1v) is 13.3. The van der Waals surface area contributed by atoms with Gasteiger partial charge in [0.15, 0.2) is 11.5 Å². The Labute approximate surface area is 257 Å². The van der Waals surface area contributed by atoms with E-state index in [1.807, 2.05) is 25.9 Å². The molecule has 0 aliphatic rings. The SMILES string of the molecule is CCOc1cc(C(Nc2ccc(C(=N)N)cc2)C(=O)NNC(=O)c2ccccn2)ccc1OCCN(C)C.O=C(O)C(F)(F)F. The number of nitrogens with zero attached hydrogens (tertiary/aromatic N) is 2. The van der Waals surface area contributed by atoms with Crippen LogP contribution >= 0.6 is 0 Å². The van der Waals surface area contributed by atoms with E-state index in [9.17, 15) is 22.8 Å². The molecule has 0 aliphatic heterocycles. The molecule has 3 rings (SSSR count). The quantitative estimate of drug-likeness (QED) is 0.0982. The van der Waals surface area contributed by atoms with Crippen LogP contribution in [0.4, 0.5) is 18.9 Å². The summed E-state index contributed by atoms with van der Waals surface area (Å²) in [6, 6.07) is 16.0. The monoisotopic (exact) mass is 633 g/mol. The third kappa shape index (κ3) is 12.0. The third-order valence-electron chi connectivity index (χ3n) is 5.61. The van der Waals surface area contributed by atoms with E-state index < -0.39 is 30.0 Å². The van der Waals surface area contributed by atoms with Crippen LogP contribution in [-0.4, -0.2) is 78.6 Å². The lowest BCUT2D eigenvalue weighted by Crippen LogP contribution is -2.45. The number of hydrogen-bond acceptors (Lipinski definition) is 9. The Hall–Kier alpha value is -5.38. The van der Waals surface area contributed by atoms with Crippen molar-refractivity contribution >= 4 is 29.3 Å². The number of halogens is 3. The number of anilines is 1. The van der Waals surface area contributed by atoms with Crippen molar-refractivity contribution in [3.05, 3.63) is 83.7 Å². The molecular formula is C29H34F3N7O6. The highest BCUT2D eigenvalue weighted by molar-refractivity contribution is 5.96. The van der Waals surface area contributed by atoms with Crippen molar-refractivity contribution in [2.24, 2.45) is 5.73 Å². The van der Waals surface area contributed by atoms with Gasteiger partial charge in [0, 0.05) is 24.0 Å². The van der Waals surface area contributed by atoms with E-state index >= 15 is 0 Å². The minimum atomic E-state index is -5.08. The van der Waals surface area contributed by atoms with Crippen LogP contribution in [0.15, 0.2) is 66.9 Å². The number of pyridine rings is 1. The third-order valence-corrected chi connectivity index (χ3v) is 5.61. The van der Waals surface area contributed by atoms with Gasteiger partial charge in [-0.15, -0.1) is 0 Å². The van der Waals surface area contributed by atoms with Gasteiger partial charge in [-0.1, -0.05) is 12.1 Å². The van der Waals surface area contributed by atoms with E-state index in [2.05, 4.69) is 21.2 Å². The maximum atomic E-state index is 13.3. The normalized spacial score (nSPS) is 11.4. The Morgan fingerprint density at radius 3 is 2.22 bits per heavy atom. The number of nitrogens with two attached hydrogens (primary N) is 1. The number of hydrogen-bond donors (Lipinski definition) is 6. The van der Waals surface area contributed by atoms with E-state index in [1.54, 1.807) is 54.6 Å². The summed E-state index contributed by atoms with van der Waals surface area (Å²) in [5.74, 6) is -2.84. The van der Waals surface area contributed by atoms with Crippen LogP contribution < -0.4 is 31.4 Å².